The molecule has 0 bridgehead atoms. The van der Waals surface area contributed by atoms with Crippen molar-refractivity contribution < 1.29 is 4.74 Å². The maximum absolute atomic E-state index is 5.63. The molecule has 0 saturated carbocycles. The van der Waals surface area contributed by atoms with Gasteiger partial charge in [0.25, 0.3) is 0 Å². The summed E-state index contributed by atoms with van der Waals surface area (Å²) in [5.41, 5.74) is 1.02. The molecule has 1 heterocycles. The van der Waals surface area contributed by atoms with Gasteiger partial charge in [-0.15, -0.1) is 0 Å². The Bertz CT molecular complexity index is 283. The average molecular weight is 210 g/mol. The molecule has 0 aliphatic rings. The maximum Gasteiger partial charge on any atom is 0.0910 e. The molecular formula is C12H22N2O. The summed E-state index contributed by atoms with van der Waals surface area (Å²) in [5, 5.41) is 4.48. The molecule has 3 nitrogen and oxygen atoms in total. The fourth-order valence-electron chi connectivity index (χ4n) is 1.23. The van der Waals surface area contributed by atoms with Gasteiger partial charge in [0.15, 0.2) is 0 Å². The van der Waals surface area contributed by atoms with E-state index in [1.807, 2.05) is 16.9 Å². The van der Waals surface area contributed by atoms with Gasteiger partial charge in [-0.3, -0.25) is 4.68 Å². The molecule has 0 aromatic carbocycles. The summed E-state index contributed by atoms with van der Waals surface area (Å²) in [5.74, 6) is 0. The van der Waals surface area contributed by atoms with Crippen LogP contribution >= 0.6 is 0 Å². The SMILES string of the molecule is CC[C@@H](C)OCc1ccn([C@@H](C)CC)n1. The molecule has 0 aliphatic carbocycles. The van der Waals surface area contributed by atoms with Crippen LogP contribution in [0.5, 0.6) is 0 Å². The van der Waals surface area contributed by atoms with E-state index in [4.69, 9.17) is 4.74 Å². The van der Waals surface area contributed by atoms with E-state index in [1.165, 1.54) is 0 Å². The third-order valence-electron chi connectivity index (χ3n) is 2.80. The third-order valence-corrected chi connectivity index (χ3v) is 2.80. The molecule has 0 fully saturated rings. The fourth-order valence-corrected chi connectivity index (χ4v) is 1.23. The minimum absolute atomic E-state index is 0.318. The first-order valence-corrected chi connectivity index (χ1v) is 5.83. The van der Waals surface area contributed by atoms with Crippen LogP contribution in [0, 0.1) is 0 Å². The highest BCUT2D eigenvalue weighted by Crippen LogP contribution is 2.10. The zero-order valence-corrected chi connectivity index (χ0v) is 10.2. The lowest BCUT2D eigenvalue weighted by atomic mass is 10.3. The van der Waals surface area contributed by atoms with E-state index in [9.17, 15) is 0 Å². The smallest absolute Gasteiger partial charge is 0.0910 e. The quantitative estimate of drug-likeness (QED) is 0.721. The van der Waals surface area contributed by atoms with Crippen molar-refractivity contribution in [2.75, 3.05) is 0 Å². The first kappa shape index (κ1) is 12.2. The molecule has 1 aromatic rings. The van der Waals surface area contributed by atoms with E-state index < -0.39 is 0 Å². The highest BCUT2D eigenvalue weighted by atomic mass is 16.5. The molecule has 86 valence electrons. The van der Waals surface area contributed by atoms with Gasteiger partial charge in [-0.05, 0) is 32.8 Å². The largest absolute Gasteiger partial charge is 0.372 e. The zero-order chi connectivity index (χ0) is 11.3. The highest BCUT2D eigenvalue weighted by molar-refractivity contribution is 4.97. The van der Waals surface area contributed by atoms with Crippen molar-refractivity contribution in [2.24, 2.45) is 0 Å². The number of rotatable bonds is 6. The van der Waals surface area contributed by atoms with Gasteiger partial charge >= 0.3 is 0 Å². The van der Waals surface area contributed by atoms with Gasteiger partial charge in [0.2, 0.25) is 0 Å². The van der Waals surface area contributed by atoms with Gasteiger partial charge in [0.1, 0.15) is 0 Å². The Morgan fingerprint density at radius 3 is 2.67 bits per heavy atom. The van der Waals surface area contributed by atoms with Crippen molar-refractivity contribution in [1.29, 1.82) is 0 Å². The summed E-state index contributed by atoms with van der Waals surface area (Å²) in [6, 6.07) is 2.51. The molecule has 3 heteroatoms. The Balaban J connectivity index is 2.46. The zero-order valence-electron chi connectivity index (χ0n) is 10.2. The van der Waals surface area contributed by atoms with Crippen molar-refractivity contribution in [3.05, 3.63) is 18.0 Å². The Morgan fingerprint density at radius 1 is 1.33 bits per heavy atom. The van der Waals surface area contributed by atoms with E-state index in [0.717, 1.165) is 18.5 Å². The predicted molar refractivity (Wildman–Crippen MR) is 61.8 cm³/mol. The van der Waals surface area contributed by atoms with Gasteiger partial charge in [-0.25, -0.2) is 0 Å². The number of hydrogen-bond acceptors (Lipinski definition) is 2. The molecule has 0 unspecified atom stereocenters. The average Bonchev–Trinajstić information content (AvgIpc) is 2.73. The van der Waals surface area contributed by atoms with E-state index in [-0.39, 0.29) is 0 Å². The van der Waals surface area contributed by atoms with Crippen LogP contribution in [-0.2, 0) is 11.3 Å². The highest BCUT2D eigenvalue weighted by Gasteiger charge is 2.05. The summed E-state index contributed by atoms with van der Waals surface area (Å²) in [4.78, 5) is 0. The monoisotopic (exact) mass is 210 g/mol. The fraction of sp³-hybridized carbons (Fsp3) is 0.750. The molecule has 0 radical (unpaired) electrons. The van der Waals surface area contributed by atoms with Gasteiger partial charge in [-0.2, -0.15) is 5.10 Å². The Morgan fingerprint density at radius 2 is 2.07 bits per heavy atom. The number of nitrogens with zero attached hydrogens (tertiary/aromatic N) is 2. The number of aromatic nitrogens is 2. The van der Waals surface area contributed by atoms with Gasteiger partial charge in [0, 0.05) is 12.2 Å². The second kappa shape index (κ2) is 5.91. The summed E-state index contributed by atoms with van der Waals surface area (Å²) < 4.78 is 7.64. The number of ether oxygens (including phenoxy) is 1. The summed E-state index contributed by atoms with van der Waals surface area (Å²) in [6.07, 6.45) is 4.50. The van der Waals surface area contributed by atoms with Crippen LogP contribution in [0.1, 0.15) is 52.3 Å². The molecule has 0 N–H and O–H groups in total. The lowest BCUT2D eigenvalue weighted by molar-refractivity contribution is 0.0485. The van der Waals surface area contributed by atoms with Crippen LogP contribution in [-0.4, -0.2) is 15.9 Å². The minimum Gasteiger partial charge on any atom is -0.372 e. The first-order valence-electron chi connectivity index (χ1n) is 5.83. The molecule has 0 spiro atoms. The molecule has 0 amide bonds. The van der Waals surface area contributed by atoms with Gasteiger partial charge in [0.05, 0.1) is 18.4 Å². The van der Waals surface area contributed by atoms with E-state index in [2.05, 4.69) is 32.8 Å². The van der Waals surface area contributed by atoms with Crippen molar-refractivity contribution in [2.45, 2.75) is 59.3 Å². The molecule has 1 aromatic heterocycles. The molecule has 2 atom stereocenters. The molecule has 15 heavy (non-hydrogen) atoms. The summed E-state index contributed by atoms with van der Waals surface area (Å²) in [7, 11) is 0. The third kappa shape index (κ3) is 3.67. The number of hydrogen-bond donors (Lipinski definition) is 0. The standard InChI is InChI=1S/C12H22N2O/c1-5-10(3)14-8-7-12(13-14)9-15-11(4)6-2/h7-8,10-11H,5-6,9H2,1-4H3/t10-,11+/m0/s1. The van der Waals surface area contributed by atoms with Crippen LogP contribution in [0.25, 0.3) is 0 Å². The minimum atomic E-state index is 0.318. The van der Waals surface area contributed by atoms with E-state index >= 15 is 0 Å². The second-order valence-corrected chi connectivity index (χ2v) is 4.07. The van der Waals surface area contributed by atoms with Crippen molar-refractivity contribution in [1.82, 2.24) is 9.78 Å². The van der Waals surface area contributed by atoms with Crippen LogP contribution < -0.4 is 0 Å². The van der Waals surface area contributed by atoms with Crippen molar-refractivity contribution in [3.8, 4) is 0 Å². The lowest BCUT2D eigenvalue weighted by Crippen LogP contribution is -2.08. The van der Waals surface area contributed by atoms with E-state index in [0.29, 0.717) is 18.8 Å². The molecule has 0 saturated heterocycles. The van der Waals surface area contributed by atoms with Crippen LogP contribution in [0.3, 0.4) is 0 Å². The predicted octanol–water partition coefficient (Wildman–Crippen LogP) is 3.17. The Hall–Kier alpha value is -0.830. The van der Waals surface area contributed by atoms with Crippen LogP contribution in [0.15, 0.2) is 12.3 Å². The molecule has 1 rings (SSSR count). The Labute approximate surface area is 92.4 Å². The normalized spacial score (nSPS) is 15.2. The maximum atomic E-state index is 5.63. The van der Waals surface area contributed by atoms with Crippen molar-refractivity contribution >= 4 is 0 Å². The van der Waals surface area contributed by atoms with Gasteiger partial charge in [-0.1, -0.05) is 13.8 Å². The summed E-state index contributed by atoms with van der Waals surface area (Å²) in [6.45, 7) is 9.18. The first-order chi connectivity index (χ1) is 7.17. The van der Waals surface area contributed by atoms with E-state index in [1.54, 1.807) is 0 Å². The van der Waals surface area contributed by atoms with Gasteiger partial charge < -0.3 is 4.74 Å². The Kier molecular flexibility index (Phi) is 4.82. The topological polar surface area (TPSA) is 27.1 Å². The lowest BCUT2D eigenvalue weighted by Gasteiger charge is -2.10. The molecular weight excluding hydrogens is 188 g/mol. The van der Waals surface area contributed by atoms with Crippen LogP contribution in [0.4, 0.5) is 0 Å². The van der Waals surface area contributed by atoms with Crippen molar-refractivity contribution in [3.63, 3.8) is 0 Å². The van der Waals surface area contributed by atoms with Crippen LogP contribution in [0.2, 0.25) is 0 Å². The second-order valence-electron chi connectivity index (χ2n) is 4.07. The summed E-state index contributed by atoms with van der Waals surface area (Å²) >= 11 is 0. The molecule has 0 aliphatic heterocycles.